The van der Waals surface area contributed by atoms with Gasteiger partial charge in [-0.05, 0) is 55.2 Å². The molecular weight excluding hydrogens is 404 g/mol. The van der Waals surface area contributed by atoms with Crippen LogP contribution in [0.1, 0.15) is 37.3 Å². The quantitative estimate of drug-likeness (QED) is 0.319. The summed E-state index contributed by atoms with van der Waals surface area (Å²) in [7, 11) is 1.66. The van der Waals surface area contributed by atoms with Gasteiger partial charge in [0.25, 0.3) is 0 Å². The predicted octanol–water partition coefficient (Wildman–Crippen LogP) is 3.48. The predicted molar refractivity (Wildman–Crippen MR) is 128 cm³/mol. The van der Waals surface area contributed by atoms with Crippen LogP contribution in [-0.4, -0.2) is 45.3 Å². The Morgan fingerprint density at radius 1 is 1.06 bits per heavy atom. The summed E-state index contributed by atoms with van der Waals surface area (Å²) >= 11 is 0. The Bertz CT molecular complexity index is 866. The molecule has 2 aromatic rings. The second-order valence-electron chi connectivity index (χ2n) is 7.66. The van der Waals surface area contributed by atoms with E-state index in [0.717, 1.165) is 67.7 Å². The number of carbonyl (C=O) groups excluding carboxylic acids is 1. The summed E-state index contributed by atoms with van der Waals surface area (Å²) in [5.41, 5.74) is 3.22. The lowest BCUT2D eigenvalue weighted by molar-refractivity contribution is -0.117. The average Bonchev–Trinajstić information content (AvgIpc) is 3.26. The Hall–Kier alpha value is -3.06. The molecule has 1 amide bonds. The van der Waals surface area contributed by atoms with E-state index in [9.17, 15) is 4.79 Å². The molecule has 0 aromatic heterocycles. The Balaban J connectivity index is 1.57. The number of guanidine groups is 1. The first-order valence-electron chi connectivity index (χ1n) is 11.3. The van der Waals surface area contributed by atoms with Crippen LogP contribution in [0, 0.1) is 0 Å². The summed E-state index contributed by atoms with van der Waals surface area (Å²) in [6.07, 6.45) is 2.49. The summed E-state index contributed by atoms with van der Waals surface area (Å²) in [6, 6.07) is 16.1. The highest BCUT2D eigenvalue weighted by atomic mass is 16.5. The number of anilines is 1. The van der Waals surface area contributed by atoms with E-state index >= 15 is 0 Å². The van der Waals surface area contributed by atoms with E-state index in [1.54, 1.807) is 7.11 Å². The lowest BCUT2D eigenvalue weighted by Gasteiger charge is -2.16. The fourth-order valence-electron chi connectivity index (χ4n) is 3.50. The van der Waals surface area contributed by atoms with E-state index < -0.39 is 0 Å². The molecule has 0 bridgehead atoms. The number of benzene rings is 2. The minimum atomic E-state index is 0.208. The topological polar surface area (TPSA) is 75.2 Å². The molecule has 0 saturated carbocycles. The van der Waals surface area contributed by atoms with Crippen molar-refractivity contribution in [2.24, 2.45) is 4.99 Å². The molecule has 1 saturated heterocycles. The molecule has 1 heterocycles. The molecule has 3 rings (SSSR count). The standard InChI is InChI=1S/C25H34N4O3/c1-3-32-17-5-15-26-25(28-19-21-9-13-23(31-2)14-10-21)27-18-20-7-11-22(12-8-20)29-16-4-6-24(29)30/h7-14H,3-6,15-19H2,1-2H3,(H2,26,27,28). The Kier molecular flexibility index (Phi) is 9.37. The maximum atomic E-state index is 11.9. The van der Waals surface area contributed by atoms with Crippen molar-refractivity contribution in [3.8, 4) is 5.75 Å². The molecule has 0 atom stereocenters. The van der Waals surface area contributed by atoms with Crippen LogP contribution in [0.3, 0.4) is 0 Å². The third-order valence-electron chi connectivity index (χ3n) is 5.32. The molecule has 1 aliphatic rings. The highest BCUT2D eigenvalue weighted by Crippen LogP contribution is 2.21. The van der Waals surface area contributed by atoms with Crippen LogP contribution in [0.15, 0.2) is 53.5 Å². The second-order valence-corrected chi connectivity index (χ2v) is 7.66. The van der Waals surface area contributed by atoms with E-state index in [0.29, 0.717) is 19.5 Å². The fraction of sp³-hybridized carbons (Fsp3) is 0.440. The van der Waals surface area contributed by atoms with Crippen molar-refractivity contribution in [3.05, 3.63) is 59.7 Å². The maximum Gasteiger partial charge on any atom is 0.227 e. The number of amides is 1. The van der Waals surface area contributed by atoms with Crippen LogP contribution < -0.4 is 20.3 Å². The van der Waals surface area contributed by atoms with Gasteiger partial charge in [0.1, 0.15) is 5.75 Å². The van der Waals surface area contributed by atoms with Crippen molar-refractivity contribution in [2.75, 3.05) is 38.3 Å². The molecule has 1 aliphatic heterocycles. The van der Waals surface area contributed by atoms with Crippen LogP contribution in [0.2, 0.25) is 0 Å². The fourth-order valence-corrected chi connectivity index (χ4v) is 3.50. The van der Waals surface area contributed by atoms with Gasteiger partial charge in [-0.3, -0.25) is 4.79 Å². The first-order chi connectivity index (χ1) is 15.7. The zero-order valence-electron chi connectivity index (χ0n) is 19.1. The summed E-state index contributed by atoms with van der Waals surface area (Å²) in [5, 5.41) is 6.80. The van der Waals surface area contributed by atoms with E-state index in [1.165, 1.54) is 0 Å². The zero-order chi connectivity index (χ0) is 22.6. The summed E-state index contributed by atoms with van der Waals surface area (Å²) in [6.45, 7) is 6.27. The van der Waals surface area contributed by atoms with Gasteiger partial charge in [-0.25, -0.2) is 4.99 Å². The molecule has 32 heavy (non-hydrogen) atoms. The molecule has 7 nitrogen and oxygen atoms in total. The summed E-state index contributed by atoms with van der Waals surface area (Å²) in [4.78, 5) is 18.5. The number of hydrogen-bond acceptors (Lipinski definition) is 4. The van der Waals surface area contributed by atoms with E-state index in [-0.39, 0.29) is 5.91 Å². The van der Waals surface area contributed by atoms with Crippen LogP contribution in [0.4, 0.5) is 5.69 Å². The van der Waals surface area contributed by atoms with Crippen molar-refractivity contribution >= 4 is 17.6 Å². The van der Waals surface area contributed by atoms with Crippen molar-refractivity contribution < 1.29 is 14.3 Å². The number of rotatable bonds is 11. The lowest BCUT2D eigenvalue weighted by Crippen LogP contribution is -2.37. The van der Waals surface area contributed by atoms with E-state index in [2.05, 4.69) is 22.8 Å². The van der Waals surface area contributed by atoms with E-state index in [4.69, 9.17) is 14.5 Å². The molecule has 2 aromatic carbocycles. The molecule has 7 heteroatoms. The average molecular weight is 439 g/mol. The Morgan fingerprint density at radius 3 is 2.47 bits per heavy atom. The summed E-state index contributed by atoms with van der Waals surface area (Å²) < 4.78 is 10.6. The molecule has 172 valence electrons. The Morgan fingerprint density at radius 2 is 1.81 bits per heavy atom. The Labute approximate surface area is 190 Å². The van der Waals surface area contributed by atoms with Gasteiger partial charge in [-0.15, -0.1) is 0 Å². The lowest BCUT2D eigenvalue weighted by atomic mass is 10.2. The third kappa shape index (κ3) is 7.27. The molecule has 0 spiro atoms. The highest BCUT2D eigenvalue weighted by molar-refractivity contribution is 5.95. The van der Waals surface area contributed by atoms with Gasteiger partial charge in [-0.1, -0.05) is 24.3 Å². The number of aliphatic imine (C=N–C) groups is 1. The molecule has 0 unspecified atom stereocenters. The normalized spacial score (nSPS) is 14.0. The van der Waals surface area contributed by atoms with Gasteiger partial charge >= 0.3 is 0 Å². The van der Waals surface area contributed by atoms with Crippen molar-refractivity contribution in [2.45, 2.75) is 39.3 Å². The first-order valence-corrected chi connectivity index (χ1v) is 11.3. The first kappa shape index (κ1) is 23.6. The maximum absolute atomic E-state index is 11.9. The molecule has 2 N–H and O–H groups in total. The number of nitrogens with one attached hydrogen (secondary N) is 2. The number of hydrogen-bond donors (Lipinski definition) is 2. The third-order valence-corrected chi connectivity index (χ3v) is 5.32. The van der Waals surface area contributed by atoms with Crippen LogP contribution in [0.25, 0.3) is 0 Å². The SMILES string of the molecule is CCOCCCNC(=NCc1ccc(OC)cc1)NCc1ccc(N2CCCC2=O)cc1. The molecule has 0 aliphatic carbocycles. The van der Waals surface area contributed by atoms with Crippen molar-refractivity contribution in [1.29, 1.82) is 0 Å². The van der Waals surface area contributed by atoms with Crippen LogP contribution in [-0.2, 0) is 22.6 Å². The minimum Gasteiger partial charge on any atom is -0.497 e. The van der Waals surface area contributed by atoms with Crippen molar-refractivity contribution in [3.63, 3.8) is 0 Å². The van der Waals surface area contributed by atoms with Gasteiger partial charge in [0.2, 0.25) is 5.91 Å². The smallest absolute Gasteiger partial charge is 0.227 e. The highest BCUT2D eigenvalue weighted by Gasteiger charge is 2.21. The molecule has 0 radical (unpaired) electrons. The molecule has 1 fully saturated rings. The van der Waals surface area contributed by atoms with Gasteiger partial charge in [0.05, 0.1) is 13.7 Å². The summed E-state index contributed by atoms with van der Waals surface area (Å²) in [5.74, 6) is 1.81. The number of methoxy groups -OCH3 is 1. The van der Waals surface area contributed by atoms with E-state index in [1.807, 2.05) is 48.2 Å². The van der Waals surface area contributed by atoms with Gasteiger partial charge in [-0.2, -0.15) is 0 Å². The number of carbonyl (C=O) groups is 1. The largest absolute Gasteiger partial charge is 0.497 e. The minimum absolute atomic E-state index is 0.208. The van der Waals surface area contributed by atoms with Crippen LogP contribution >= 0.6 is 0 Å². The van der Waals surface area contributed by atoms with Gasteiger partial charge in [0.15, 0.2) is 5.96 Å². The molecular formula is C25H34N4O3. The number of ether oxygens (including phenoxy) is 2. The van der Waals surface area contributed by atoms with Crippen LogP contribution in [0.5, 0.6) is 5.75 Å². The zero-order valence-corrected chi connectivity index (χ0v) is 19.1. The second kappa shape index (κ2) is 12.7. The van der Waals surface area contributed by atoms with Gasteiger partial charge < -0.3 is 25.0 Å². The van der Waals surface area contributed by atoms with Crippen molar-refractivity contribution in [1.82, 2.24) is 10.6 Å². The van der Waals surface area contributed by atoms with Gasteiger partial charge in [0, 0.05) is 45.0 Å². The number of nitrogens with zero attached hydrogens (tertiary/aromatic N) is 2. The monoisotopic (exact) mass is 438 g/mol.